The van der Waals surface area contributed by atoms with Crippen LogP contribution in [0.1, 0.15) is 11.1 Å². The van der Waals surface area contributed by atoms with Gasteiger partial charge in [0.1, 0.15) is 5.82 Å². The van der Waals surface area contributed by atoms with Crippen LogP contribution < -0.4 is 5.32 Å². The first kappa shape index (κ1) is 18.9. The normalized spacial score (nSPS) is 10.7. The summed E-state index contributed by atoms with van der Waals surface area (Å²) >= 11 is 4.24. The molecule has 3 aromatic rings. The highest BCUT2D eigenvalue weighted by atomic mass is 32.2. The van der Waals surface area contributed by atoms with Gasteiger partial charge in [-0.1, -0.05) is 71.6 Å². The van der Waals surface area contributed by atoms with Gasteiger partial charge in [0.2, 0.25) is 11.0 Å². The van der Waals surface area contributed by atoms with Crippen LogP contribution in [0.15, 0.2) is 58.9 Å². The Morgan fingerprint density at radius 2 is 1.81 bits per heavy atom. The van der Waals surface area contributed by atoms with E-state index in [1.165, 1.54) is 34.7 Å². The third-order valence-electron chi connectivity index (χ3n) is 3.31. The molecule has 4 nitrogen and oxygen atoms in total. The van der Waals surface area contributed by atoms with Crippen molar-refractivity contribution < 1.29 is 9.18 Å². The first-order valence-electron chi connectivity index (χ1n) is 7.82. The Bertz CT molecular complexity index is 858. The van der Waals surface area contributed by atoms with E-state index in [-0.39, 0.29) is 11.7 Å². The number of halogens is 1. The molecular formula is C18H16FN3OS3. The largest absolute Gasteiger partial charge is 0.300 e. The summed E-state index contributed by atoms with van der Waals surface area (Å²) < 4.78 is 14.3. The lowest BCUT2D eigenvalue weighted by atomic mass is 10.2. The van der Waals surface area contributed by atoms with Crippen molar-refractivity contribution in [1.82, 2.24) is 10.2 Å². The number of thioether (sulfide) groups is 2. The Morgan fingerprint density at radius 1 is 1.04 bits per heavy atom. The fraction of sp³-hybridized carbons (Fsp3) is 0.167. The highest BCUT2D eigenvalue weighted by molar-refractivity contribution is 8.00. The number of rotatable bonds is 8. The molecule has 0 saturated carbocycles. The molecule has 0 radical (unpaired) electrons. The maximum atomic E-state index is 13.6. The Labute approximate surface area is 163 Å². The van der Waals surface area contributed by atoms with Crippen LogP contribution in [-0.2, 0) is 16.3 Å². The molecule has 8 heteroatoms. The first-order valence-corrected chi connectivity index (χ1v) is 10.8. The lowest BCUT2D eigenvalue weighted by Crippen LogP contribution is -2.13. The lowest BCUT2D eigenvalue weighted by Gasteiger charge is -2.02. The molecule has 1 N–H and O–H groups in total. The minimum Gasteiger partial charge on any atom is -0.300 e. The molecule has 0 aliphatic carbocycles. The van der Waals surface area contributed by atoms with Crippen LogP contribution in [0.4, 0.5) is 9.52 Å². The fourth-order valence-corrected chi connectivity index (χ4v) is 4.61. The zero-order valence-electron chi connectivity index (χ0n) is 13.7. The number of benzene rings is 2. The summed E-state index contributed by atoms with van der Waals surface area (Å²) in [6.45, 7) is 0. The Morgan fingerprint density at radius 3 is 2.62 bits per heavy atom. The summed E-state index contributed by atoms with van der Waals surface area (Å²) in [5.74, 6) is 1.28. The Hall–Kier alpha value is -1.90. The summed E-state index contributed by atoms with van der Waals surface area (Å²) in [5, 5.41) is 11.2. The second kappa shape index (κ2) is 9.70. The van der Waals surface area contributed by atoms with E-state index >= 15 is 0 Å². The molecule has 0 spiro atoms. The van der Waals surface area contributed by atoms with Crippen LogP contribution in [0.3, 0.4) is 0 Å². The highest BCUT2D eigenvalue weighted by Crippen LogP contribution is 2.29. The summed E-state index contributed by atoms with van der Waals surface area (Å²) in [7, 11) is 0. The number of nitrogens with zero attached hydrogens (tertiary/aromatic N) is 2. The number of carbonyl (C=O) groups excluding carboxylic acids is 1. The summed E-state index contributed by atoms with van der Waals surface area (Å²) in [6.07, 6.45) is 0. The third-order valence-corrected chi connectivity index (χ3v) is 6.33. The number of hydrogen-bond donors (Lipinski definition) is 1. The second-order valence-electron chi connectivity index (χ2n) is 5.28. The summed E-state index contributed by atoms with van der Waals surface area (Å²) in [4.78, 5) is 12.0. The van der Waals surface area contributed by atoms with Crippen LogP contribution >= 0.6 is 34.9 Å². The molecular weight excluding hydrogens is 389 g/mol. The number of anilines is 1. The molecule has 0 unspecified atom stereocenters. The van der Waals surface area contributed by atoms with Gasteiger partial charge < -0.3 is 0 Å². The molecule has 3 rings (SSSR count). The van der Waals surface area contributed by atoms with Gasteiger partial charge in [0, 0.05) is 11.5 Å². The number of carbonyl (C=O) groups is 1. The molecule has 1 aromatic heterocycles. The molecule has 0 aliphatic heterocycles. The smallest absolute Gasteiger partial charge is 0.236 e. The minimum atomic E-state index is -0.228. The standard InChI is InChI=1S/C18H16FN3OS3/c19-15-9-5-4-8-14(15)11-25-18-22-21-17(26-18)20-16(23)12-24-10-13-6-2-1-3-7-13/h1-9H,10-12H2,(H,20,21,23). The quantitative estimate of drug-likeness (QED) is 0.429. The zero-order chi connectivity index (χ0) is 18.2. The molecule has 1 heterocycles. The Balaban J connectivity index is 1.43. The van der Waals surface area contributed by atoms with Crippen molar-refractivity contribution >= 4 is 45.9 Å². The van der Waals surface area contributed by atoms with E-state index in [0.717, 1.165) is 5.75 Å². The van der Waals surface area contributed by atoms with E-state index in [1.807, 2.05) is 30.3 Å². The van der Waals surface area contributed by atoms with Crippen LogP contribution in [0, 0.1) is 5.82 Å². The van der Waals surface area contributed by atoms with E-state index < -0.39 is 0 Å². The highest BCUT2D eigenvalue weighted by Gasteiger charge is 2.10. The van der Waals surface area contributed by atoms with E-state index in [0.29, 0.717) is 26.5 Å². The van der Waals surface area contributed by atoms with Gasteiger partial charge in [-0.15, -0.1) is 22.0 Å². The zero-order valence-corrected chi connectivity index (χ0v) is 16.2. The van der Waals surface area contributed by atoms with Gasteiger partial charge >= 0.3 is 0 Å². The first-order chi connectivity index (χ1) is 12.7. The predicted octanol–water partition coefficient (Wildman–Crippen LogP) is 4.84. The summed E-state index contributed by atoms with van der Waals surface area (Å²) in [5.41, 5.74) is 1.81. The second-order valence-corrected chi connectivity index (χ2v) is 8.47. The predicted molar refractivity (Wildman–Crippen MR) is 107 cm³/mol. The number of amides is 1. The molecule has 0 atom stereocenters. The Kier molecular flexibility index (Phi) is 7.04. The van der Waals surface area contributed by atoms with E-state index in [1.54, 1.807) is 30.0 Å². The van der Waals surface area contributed by atoms with Crippen molar-refractivity contribution in [1.29, 1.82) is 0 Å². The molecule has 26 heavy (non-hydrogen) atoms. The van der Waals surface area contributed by atoms with E-state index in [2.05, 4.69) is 15.5 Å². The van der Waals surface area contributed by atoms with Crippen molar-refractivity contribution in [2.45, 2.75) is 15.8 Å². The fourth-order valence-electron chi connectivity index (χ4n) is 2.06. The molecule has 0 fully saturated rings. The van der Waals surface area contributed by atoms with E-state index in [4.69, 9.17) is 0 Å². The molecule has 0 bridgehead atoms. The van der Waals surface area contributed by atoms with Gasteiger partial charge in [-0.05, 0) is 17.2 Å². The molecule has 134 valence electrons. The van der Waals surface area contributed by atoms with E-state index in [9.17, 15) is 9.18 Å². The molecule has 0 saturated heterocycles. The number of aromatic nitrogens is 2. The topological polar surface area (TPSA) is 54.9 Å². The van der Waals surface area contributed by atoms with Crippen LogP contribution in [0.2, 0.25) is 0 Å². The van der Waals surface area contributed by atoms with Gasteiger partial charge in [-0.3, -0.25) is 10.1 Å². The monoisotopic (exact) mass is 405 g/mol. The van der Waals surface area contributed by atoms with Gasteiger partial charge in [-0.25, -0.2) is 4.39 Å². The lowest BCUT2D eigenvalue weighted by molar-refractivity contribution is -0.113. The number of hydrogen-bond acceptors (Lipinski definition) is 6. The average Bonchev–Trinajstić information content (AvgIpc) is 3.09. The molecule has 2 aromatic carbocycles. The van der Waals surface area contributed by atoms with Crippen molar-refractivity contribution in [3.05, 3.63) is 71.5 Å². The van der Waals surface area contributed by atoms with Crippen molar-refractivity contribution in [2.75, 3.05) is 11.1 Å². The van der Waals surface area contributed by atoms with Gasteiger partial charge in [0.25, 0.3) is 0 Å². The average molecular weight is 406 g/mol. The van der Waals surface area contributed by atoms with Crippen LogP contribution in [-0.4, -0.2) is 21.9 Å². The number of nitrogens with one attached hydrogen (secondary N) is 1. The van der Waals surface area contributed by atoms with Crippen LogP contribution in [0.25, 0.3) is 0 Å². The maximum absolute atomic E-state index is 13.6. The van der Waals surface area contributed by atoms with Crippen LogP contribution in [0.5, 0.6) is 0 Å². The molecule has 1 amide bonds. The molecule has 0 aliphatic rings. The third kappa shape index (κ3) is 5.82. The van der Waals surface area contributed by atoms with Gasteiger partial charge in [0.05, 0.1) is 5.75 Å². The van der Waals surface area contributed by atoms with Crippen molar-refractivity contribution in [2.24, 2.45) is 0 Å². The van der Waals surface area contributed by atoms with Gasteiger partial charge in [0.15, 0.2) is 4.34 Å². The maximum Gasteiger partial charge on any atom is 0.236 e. The SMILES string of the molecule is O=C(CSCc1ccccc1)Nc1nnc(SCc2ccccc2F)s1. The summed E-state index contributed by atoms with van der Waals surface area (Å²) in [6, 6.07) is 16.7. The van der Waals surface area contributed by atoms with Crippen molar-refractivity contribution in [3.63, 3.8) is 0 Å². The van der Waals surface area contributed by atoms with Crippen molar-refractivity contribution in [3.8, 4) is 0 Å². The van der Waals surface area contributed by atoms with Gasteiger partial charge in [-0.2, -0.15) is 0 Å². The minimum absolute atomic E-state index is 0.104.